The van der Waals surface area contributed by atoms with Crippen molar-refractivity contribution in [1.82, 2.24) is 35.3 Å². The van der Waals surface area contributed by atoms with E-state index in [4.69, 9.17) is 0 Å². The molecule has 0 aliphatic heterocycles. The predicted octanol–water partition coefficient (Wildman–Crippen LogP) is 2.68. The van der Waals surface area contributed by atoms with Gasteiger partial charge in [0, 0.05) is 11.8 Å². The molecular weight excluding hydrogens is 361 g/mol. The number of halogens is 1. The molecule has 0 fully saturated rings. The molecule has 4 aromatic rings. The van der Waals surface area contributed by atoms with Crippen LogP contribution in [0, 0.1) is 5.82 Å². The van der Waals surface area contributed by atoms with Crippen LogP contribution in [0.1, 0.15) is 29.1 Å². The van der Waals surface area contributed by atoms with Gasteiger partial charge in [-0.2, -0.15) is 10.2 Å². The molecule has 1 aromatic carbocycles. The number of aromatic nitrogens is 6. The Morgan fingerprint density at radius 2 is 2.00 bits per heavy atom. The van der Waals surface area contributed by atoms with Crippen LogP contribution < -0.4 is 5.32 Å². The highest BCUT2D eigenvalue weighted by atomic mass is 19.1. The average molecular weight is 377 g/mol. The molecule has 3 heterocycles. The number of hydrogen-bond acceptors (Lipinski definition) is 5. The van der Waals surface area contributed by atoms with Crippen molar-refractivity contribution in [2.24, 2.45) is 0 Å². The third kappa shape index (κ3) is 3.50. The molecule has 0 saturated carbocycles. The van der Waals surface area contributed by atoms with Gasteiger partial charge >= 0.3 is 0 Å². The van der Waals surface area contributed by atoms with E-state index in [1.54, 1.807) is 13.1 Å². The van der Waals surface area contributed by atoms with Crippen molar-refractivity contribution in [2.45, 2.75) is 13.0 Å². The molecule has 0 radical (unpaired) electrons. The van der Waals surface area contributed by atoms with Gasteiger partial charge in [-0.3, -0.25) is 9.89 Å². The lowest BCUT2D eigenvalue weighted by Gasteiger charge is -2.10. The van der Waals surface area contributed by atoms with E-state index in [0.717, 1.165) is 11.8 Å². The Labute approximate surface area is 159 Å². The van der Waals surface area contributed by atoms with Gasteiger partial charge in [0.15, 0.2) is 5.82 Å². The Balaban J connectivity index is 1.72. The molecule has 1 amide bonds. The minimum Gasteiger partial charge on any atom is -0.342 e. The SMILES string of the molecule is C[C@H](NC(=O)c1cn(-c2ccc(F)cn2)nc1-c1ccccc1)c1ncn[nH]1. The zero-order chi connectivity index (χ0) is 19.5. The first-order valence-electron chi connectivity index (χ1n) is 8.55. The molecule has 0 saturated heterocycles. The Kier molecular flexibility index (Phi) is 4.63. The van der Waals surface area contributed by atoms with Crippen molar-refractivity contribution in [3.8, 4) is 17.1 Å². The molecule has 3 aromatic heterocycles. The number of hydrogen-bond donors (Lipinski definition) is 2. The maximum Gasteiger partial charge on any atom is 0.255 e. The van der Waals surface area contributed by atoms with E-state index < -0.39 is 5.82 Å². The number of aromatic amines is 1. The van der Waals surface area contributed by atoms with Crippen LogP contribution in [0.4, 0.5) is 4.39 Å². The molecule has 0 spiro atoms. The quantitative estimate of drug-likeness (QED) is 0.557. The fourth-order valence-corrected chi connectivity index (χ4v) is 2.74. The van der Waals surface area contributed by atoms with Crippen LogP contribution in [-0.2, 0) is 0 Å². The maximum absolute atomic E-state index is 13.2. The first kappa shape index (κ1) is 17.5. The summed E-state index contributed by atoms with van der Waals surface area (Å²) in [6, 6.07) is 11.8. The van der Waals surface area contributed by atoms with Crippen LogP contribution in [-0.4, -0.2) is 35.9 Å². The number of carbonyl (C=O) groups is 1. The fourth-order valence-electron chi connectivity index (χ4n) is 2.74. The summed E-state index contributed by atoms with van der Waals surface area (Å²) in [5.74, 6) is 0.178. The van der Waals surface area contributed by atoms with E-state index in [0.29, 0.717) is 22.9 Å². The van der Waals surface area contributed by atoms with Crippen molar-refractivity contribution in [3.63, 3.8) is 0 Å². The van der Waals surface area contributed by atoms with E-state index in [9.17, 15) is 9.18 Å². The number of pyridine rings is 1. The minimum absolute atomic E-state index is 0.323. The molecule has 4 rings (SSSR count). The van der Waals surface area contributed by atoms with Gasteiger partial charge in [0.25, 0.3) is 5.91 Å². The lowest BCUT2D eigenvalue weighted by molar-refractivity contribution is 0.0939. The Hall–Kier alpha value is -3.88. The summed E-state index contributed by atoms with van der Waals surface area (Å²) in [5.41, 5.74) is 1.64. The van der Waals surface area contributed by atoms with Gasteiger partial charge in [-0.15, -0.1) is 0 Å². The summed E-state index contributed by atoms with van der Waals surface area (Å²) in [6.45, 7) is 1.80. The lowest BCUT2D eigenvalue weighted by Crippen LogP contribution is -2.27. The maximum atomic E-state index is 13.2. The third-order valence-corrected chi connectivity index (χ3v) is 4.14. The average Bonchev–Trinajstić information content (AvgIpc) is 3.39. The van der Waals surface area contributed by atoms with E-state index >= 15 is 0 Å². The second kappa shape index (κ2) is 7.39. The summed E-state index contributed by atoms with van der Waals surface area (Å²) in [7, 11) is 0. The second-order valence-corrected chi connectivity index (χ2v) is 6.10. The molecule has 140 valence electrons. The van der Waals surface area contributed by atoms with Crippen LogP contribution in [0.15, 0.2) is 61.2 Å². The number of carbonyl (C=O) groups excluding carboxylic acids is 1. The van der Waals surface area contributed by atoms with Crippen molar-refractivity contribution in [1.29, 1.82) is 0 Å². The highest BCUT2D eigenvalue weighted by Gasteiger charge is 2.21. The molecule has 8 nitrogen and oxygen atoms in total. The van der Waals surface area contributed by atoms with Crippen molar-refractivity contribution >= 4 is 5.91 Å². The predicted molar refractivity (Wildman–Crippen MR) is 99.0 cm³/mol. The van der Waals surface area contributed by atoms with Gasteiger partial charge in [0.05, 0.1) is 17.8 Å². The van der Waals surface area contributed by atoms with Crippen LogP contribution in [0.5, 0.6) is 0 Å². The van der Waals surface area contributed by atoms with Crippen LogP contribution in [0.2, 0.25) is 0 Å². The number of benzene rings is 1. The summed E-state index contributed by atoms with van der Waals surface area (Å²) >= 11 is 0. The molecule has 0 unspecified atom stereocenters. The highest BCUT2D eigenvalue weighted by Crippen LogP contribution is 2.24. The summed E-state index contributed by atoms with van der Waals surface area (Å²) < 4.78 is 14.6. The Morgan fingerprint density at radius 1 is 1.18 bits per heavy atom. The standard InChI is InChI=1S/C19H16FN7O/c1-12(18-22-11-23-25-18)24-19(28)15-10-27(16-8-7-14(20)9-21-16)26-17(15)13-5-3-2-4-6-13/h2-12H,1H3,(H,24,28)(H,22,23,25)/t12-/m0/s1. The Bertz CT molecular complexity index is 1080. The first-order chi connectivity index (χ1) is 13.6. The highest BCUT2D eigenvalue weighted by molar-refractivity contribution is 6.00. The smallest absolute Gasteiger partial charge is 0.255 e. The van der Waals surface area contributed by atoms with E-state index in [1.807, 2.05) is 30.3 Å². The summed E-state index contributed by atoms with van der Waals surface area (Å²) in [6.07, 6.45) is 4.06. The molecule has 0 aliphatic rings. The number of amides is 1. The zero-order valence-corrected chi connectivity index (χ0v) is 14.9. The van der Waals surface area contributed by atoms with E-state index in [1.165, 1.54) is 23.1 Å². The monoisotopic (exact) mass is 377 g/mol. The van der Waals surface area contributed by atoms with Gasteiger partial charge in [-0.1, -0.05) is 30.3 Å². The normalized spacial score (nSPS) is 11.9. The fraction of sp³-hybridized carbons (Fsp3) is 0.105. The van der Waals surface area contributed by atoms with Crippen LogP contribution in [0.3, 0.4) is 0 Å². The molecule has 1 atom stereocenters. The van der Waals surface area contributed by atoms with Gasteiger partial charge in [-0.05, 0) is 19.1 Å². The number of nitrogens with zero attached hydrogens (tertiary/aromatic N) is 5. The van der Waals surface area contributed by atoms with Crippen LogP contribution in [0.25, 0.3) is 17.1 Å². The Morgan fingerprint density at radius 3 is 2.68 bits per heavy atom. The number of rotatable bonds is 5. The third-order valence-electron chi connectivity index (χ3n) is 4.14. The van der Waals surface area contributed by atoms with Crippen LogP contribution >= 0.6 is 0 Å². The molecule has 0 bridgehead atoms. The lowest BCUT2D eigenvalue weighted by atomic mass is 10.1. The number of nitrogens with one attached hydrogen (secondary N) is 2. The van der Waals surface area contributed by atoms with Crippen molar-refractivity contribution < 1.29 is 9.18 Å². The molecular formula is C19H16FN7O. The molecule has 28 heavy (non-hydrogen) atoms. The largest absolute Gasteiger partial charge is 0.342 e. The number of H-pyrrole nitrogens is 1. The zero-order valence-electron chi connectivity index (χ0n) is 14.9. The van der Waals surface area contributed by atoms with Gasteiger partial charge < -0.3 is 5.32 Å². The molecule has 9 heteroatoms. The molecule has 0 aliphatic carbocycles. The first-order valence-corrected chi connectivity index (χ1v) is 8.55. The topological polar surface area (TPSA) is 101 Å². The summed E-state index contributed by atoms with van der Waals surface area (Å²) in [4.78, 5) is 21.0. The van der Waals surface area contributed by atoms with Gasteiger partial charge in [0.2, 0.25) is 0 Å². The van der Waals surface area contributed by atoms with E-state index in [-0.39, 0.29) is 11.9 Å². The summed E-state index contributed by atoms with van der Waals surface area (Å²) in [5, 5.41) is 13.9. The molecule has 2 N–H and O–H groups in total. The van der Waals surface area contributed by atoms with Crippen molar-refractivity contribution in [3.05, 3.63) is 78.4 Å². The second-order valence-electron chi connectivity index (χ2n) is 6.10. The van der Waals surface area contributed by atoms with Gasteiger partial charge in [0.1, 0.15) is 23.7 Å². The minimum atomic E-state index is -0.446. The van der Waals surface area contributed by atoms with Gasteiger partial charge in [-0.25, -0.2) is 19.0 Å². The van der Waals surface area contributed by atoms with Crippen molar-refractivity contribution in [2.75, 3.05) is 0 Å². The van der Waals surface area contributed by atoms with E-state index in [2.05, 4.69) is 30.6 Å².